The van der Waals surface area contributed by atoms with Gasteiger partial charge in [0.25, 0.3) is 0 Å². The summed E-state index contributed by atoms with van der Waals surface area (Å²) in [6.45, 7) is 20.5. The Labute approximate surface area is 718 Å². The molecule has 19 heteroatoms. The molecule has 0 fully saturated rings. The third-order valence-electron chi connectivity index (χ3n) is 20.2. The minimum absolute atomic E-state index is 0.00983. The van der Waals surface area contributed by atoms with Crippen molar-refractivity contribution in [2.45, 2.75) is 158 Å². The summed E-state index contributed by atoms with van der Waals surface area (Å²) in [7, 11) is 0. The fourth-order valence-corrected chi connectivity index (χ4v) is 16.9. The number of hydrogen-bond acceptors (Lipinski definition) is 6. The van der Waals surface area contributed by atoms with Crippen molar-refractivity contribution in [3.8, 4) is 23.0 Å². The highest BCUT2D eigenvalue weighted by Gasteiger charge is 2.38. The lowest BCUT2D eigenvalue weighted by Gasteiger charge is -2.28. The van der Waals surface area contributed by atoms with Crippen LogP contribution in [0.15, 0.2) is 146 Å². The fourth-order valence-electron chi connectivity index (χ4n) is 13.2. The van der Waals surface area contributed by atoms with E-state index in [-0.39, 0.29) is 99.0 Å². The Hall–Kier alpha value is -4.97. The molecule has 110 heavy (non-hydrogen) atoms. The van der Waals surface area contributed by atoms with Crippen molar-refractivity contribution in [1.82, 2.24) is 0 Å². The molecule has 4 unspecified atom stereocenters. The highest BCUT2D eigenvalue weighted by molar-refractivity contribution is 6.56. The van der Waals surface area contributed by atoms with E-state index < -0.39 is 0 Å². The van der Waals surface area contributed by atoms with Crippen LogP contribution < -0.4 is 28.7 Å². The Morgan fingerprint density at radius 1 is 0.264 bits per heavy atom. The molecule has 9 rings (SSSR count). The van der Waals surface area contributed by atoms with E-state index in [1.807, 2.05) is 109 Å². The number of hydrogen-bond donors (Lipinski definition) is 0. The van der Waals surface area contributed by atoms with Gasteiger partial charge in [0.1, 0.15) is 23.0 Å². The van der Waals surface area contributed by atoms with Gasteiger partial charge in [-0.1, -0.05) is 332 Å². The fraction of sp³-hybridized carbons (Fsp3) is 0.352. The molecule has 585 valence electrons. The lowest BCUT2D eigenvalue weighted by Crippen LogP contribution is -2.12. The normalized spacial score (nSPS) is 12.8. The van der Waals surface area contributed by atoms with Crippen molar-refractivity contribution in [2.24, 2.45) is 23.7 Å². The number of anilines is 6. The van der Waals surface area contributed by atoms with Crippen molar-refractivity contribution >= 4 is 209 Å². The molecule has 0 aliphatic rings. The standard InChI is InChI=1S/C91H96Cl13N2O4/c1-9-17-21-57(13-5)53-107-69-43-35-65(36-44-69)105(66-37-45-70(46-38-66)108-54-58(14-6)22-18-10-2)63-31-25-61(26-32-63)29-51-73-79(92)83(96)76(84(97)80(73)93)75(78-87(100)89(102)91(104)90(103)88(78)101)77-85(98)81(94)74(82(95)86(77)99)52-30-62-27-33-64(34-28-62)106(67-39-47-71(48-40-67)109-55-59(15-7)23-19-11-3)68-41-49-72(50-42-68)110-56-60(16-8)24-20-12-4/h25-52,57-60H,9-24,53-56H2,1-8H3/b51-29+,52-30+. The van der Waals surface area contributed by atoms with E-state index in [2.05, 4.69) is 114 Å². The minimum Gasteiger partial charge on any atom is -0.493 e. The Kier molecular flexibility index (Phi) is 35.8. The smallest absolute Gasteiger partial charge is 0.119 e. The topological polar surface area (TPSA) is 43.4 Å². The third kappa shape index (κ3) is 22.8. The number of rotatable bonds is 41. The summed E-state index contributed by atoms with van der Waals surface area (Å²) >= 11 is 94.2. The largest absolute Gasteiger partial charge is 0.493 e. The van der Waals surface area contributed by atoms with Gasteiger partial charge in [0, 0.05) is 61.9 Å². The van der Waals surface area contributed by atoms with Crippen LogP contribution in [0.1, 0.15) is 197 Å². The third-order valence-corrected chi connectivity index (χ3v) is 26.0. The molecule has 0 bridgehead atoms. The molecule has 0 saturated heterocycles. The van der Waals surface area contributed by atoms with Gasteiger partial charge < -0.3 is 28.7 Å². The predicted octanol–water partition coefficient (Wildman–Crippen LogP) is 34.9. The lowest BCUT2D eigenvalue weighted by atomic mass is 9.83. The van der Waals surface area contributed by atoms with Crippen LogP contribution >= 0.6 is 151 Å². The van der Waals surface area contributed by atoms with Crippen molar-refractivity contribution in [3.63, 3.8) is 0 Å². The average Bonchev–Trinajstić information content (AvgIpc) is 0.727. The molecular weight excluding hydrogens is 1650 g/mol. The Morgan fingerprint density at radius 2 is 0.464 bits per heavy atom. The molecule has 0 aliphatic heterocycles. The van der Waals surface area contributed by atoms with E-state index in [1.54, 1.807) is 12.2 Å². The Bertz CT molecular complexity index is 4030. The summed E-state index contributed by atoms with van der Waals surface area (Å²) < 4.78 is 25.4. The van der Waals surface area contributed by atoms with E-state index in [0.29, 0.717) is 50.1 Å². The van der Waals surface area contributed by atoms with Crippen LogP contribution in [0.2, 0.25) is 65.3 Å². The molecule has 0 N–H and O–H groups in total. The maximum atomic E-state index is 7.49. The van der Waals surface area contributed by atoms with Gasteiger partial charge in [0.15, 0.2) is 0 Å². The van der Waals surface area contributed by atoms with Gasteiger partial charge in [-0.05, 0) is 182 Å². The van der Waals surface area contributed by atoms with E-state index in [4.69, 9.17) is 170 Å². The lowest BCUT2D eigenvalue weighted by molar-refractivity contribution is 0.233. The Morgan fingerprint density at radius 3 is 0.673 bits per heavy atom. The molecule has 0 aliphatic carbocycles. The number of halogens is 13. The number of ether oxygens (including phenoxy) is 4. The van der Waals surface area contributed by atoms with Crippen LogP contribution in [0, 0.1) is 29.6 Å². The van der Waals surface area contributed by atoms with Crippen LogP contribution in [0.4, 0.5) is 34.1 Å². The van der Waals surface area contributed by atoms with E-state index in [0.717, 1.165) is 145 Å². The SMILES string of the molecule is CCCCC(CC)COc1ccc(N(c2ccc(/C=C/c3c(Cl)c(Cl)c([C](c4c(Cl)c(Cl)c(Cl)c(Cl)c4Cl)c4c(Cl)c(Cl)c(/C=C/c5ccc(N(c6ccc(OCC(CC)CCCC)cc6)c6ccc(OCC(CC)CCCC)cc6)cc5)c(Cl)c4Cl)c(Cl)c3Cl)cc2)c2ccc(OCC(CC)CCCC)cc2)cc1. The van der Waals surface area contributed by atoms with E-state index in [1.165, 1.54) is 25.7 Å². The molecule has 6 nitrogen and oxygen atoms in total. The monoisotopic (exact) mass is 1740 g/mol. The van der Waals surface area contributed by atoms with Crippen molar-refractivity contribution in [1.29, 1.82) is 0 Å². The number of benzene rings is 9. The molecule has 0 amide bonds. The second-order valence-electron chi connectivity index (χ2n) is 27.8. The first-order valence-corrected chi connectivity index (χ1v) is 43.2. The second-order valence-corrected chi connectivity index (χ2v) is 32.7. The molecule has 9 aromatic carbocycles. The molecule has 0 heterocycles. The first kappa shape index (κ1) is 89.0. The first-order chi connectivity index (χ1) is 53.1. The van der Waals surface area contributed by atoms with Crippen LogP contribution in [-0.2, 0) is 0 Å². The maximum Gasteiger partial charge on any atom is 0.119 e. The highest BCUT2D eigenvalue weighted by atomic mass is 35.5. The summed E-state index contributed by atoms with van der Waals surface area (Å²) in [6.07, 6.45) is 25.4. The van der Waals surface area contributed by atoms with Gasteiger partial charge >= 0.3 is 0 Å². The van der Waals surface area contributed by atoms with Gasteiger partial charge in [0.05, 0.1) is 97.6 Å². The molecule has 4 atom stereocenters. The molecular formula is C91H96Cl13N2O4. The van der Waals surface area contributed by atoms with Crippen LogP contribution in [0.5, 0.6) is 23.0 Å². The Balaban J connectivity index is 1.03. The van der Waals surface area contributed by atoms with Crippen LogP contribution in [0.3, 0.4) is 0 Å². The van der Waals surface area contributed by atoms with Gasteiger partial charge in [-0.15, -0.1) is 0 Å². The number of nitrogens with zero attached hydrogens (tertiary/aromatic N) is 2. The first-order valence-electron chi connectivity index (χ1n) is 38.3. The molecule has 0 spiro atoms. The van der Waals surface area contributed by atoms with Crippen molar-refractivity contribution in [3.05, 3.63) is 256 Å². The molecule has 1 radical (unpaired) electrons. The number of unbranched alkanes of at least 4 members (excludes halogenated alkanes) is 4. The minimum atomic E-state index is -0.168. The van der Waals surface area contributed by atoms with Gasteiger partial charge in [-0.25, -0.2) is 0 Å². The van der Waals surface area contributed by atoms with E-state index in [9.17, 15) is 0 Å². The van der Waals surface area contributed by atoms with Crippen molar-refractivity contribution in [2.75, 3.05) is 36.2 Å². The average molecular weight is 1740 g/mol. The molecule has 9 aromatic rings. The highest BCUT2D eigenvalue weighted by Crippen LogP contribution is 2.58. The zero-order chi connectivity index (χ0) is 79.1. The molecule has 0 aromatic heterocycles. The molecule has 0 saturated carbocycles. The quantitative estimate of drug-likeness (QED) is 0.0165. The predicted molar refractivity (Wildman–Crippen MR) is 480 cm³/mol. The summed E-state index contributed by atoms with van der Waals surface area (Å²) in [5.41, 5.74) is 7.65. The second kappa shape index (κ2) is 44.2. The van der Waals surface area contributed by atoms with Crippen LogP contribution in [0.25, 0.3) is 24.3 Å². The van der Waals surface area contributed by atoms with Gasteiger partial charge in [-0.3, -0.25) is 0 Å². The van der Waals surface area contributed by atoms with Crippen molar-refractivity contribution < 1.29 is 18.9 Å². The van der Waals surface area contributed by atoms with E-state index >= 15 is 0 Å². The summed E-state index contributed by atoms with van der Waals surface area (Å²) in [6, 6.07) is 49.0. The summed E-state index contributed by atoms with van der Waals surface area (Å²) in [5, 5.41) is -1.24. The van der Waals surface area contributed by atoms with Gasteiger partial charge in [-0.2, -0.15) is 0 Å². The van der Waals surface area contributed by atoms with Crippen LogP contribution in [-0.4, -0.2) is 26.4 Å². The summed E-state index contributed by atoms with van der Waals surface area (Å²) in [4.78, 5) is 4.37. The maximum absolute atomic E-state index is 7.49. The summed E-state index contributed by atoms with van der Waals surface area (Å²) in [5.74, 6) is 5.25. The van der Waals surface area contributed by atoms with Gasteiger partial charge in [0.2, 0.25) is 0 Å². The zero-order valence-corrected chi connectivity index (χ0v) is 73.4. The zero-order valence-electron chi connectivity index (χ0n) is 63.6.